The van der Waals surface area contributed by atoms with Crippen molar-refractivity contribution in [2.45, 2.75) is 52.7 Å². The molecule has 4 heteroatoms. The Morgan fingerprint density at radius 1 is 1.47 bits per heavy atom. The molecule has 0 unspecified atom stereocenters. The predicted molar refractivity (Wildman–Crippen MR) is 71.3 cm³/mol. The molecular formula is C15H22N2O2. The molecule has 2 fully saturated rings. The van der Waals surface area contributed by atoms with Crippen LogP contribution < -0.4 is 0 Å². The van der Waals surface area contributed by atoms with Gasteiger partial charge in [0.15, 0.2) is 0 Å². The summed E-state index contributed by atoms with van der Waals surface area (Å²) in [5.74, 6) is 0.552. The third kappa shape index (κ3) is 1.80. The third-order valence-corrected chi connectivity index (χ3v) is 5.86. The molecule has 0 radical (unpaired) electrons. The highest BCUT2D eigenvalue weighted by molar-refractivity contribution is 5.69. The van der Waals surface area contributed by atoms with Crippen molar-refractivity contribution in [3.63, 3.8) is 0 Å². The zero-order valence-corrected chi connectivity index (χ0v) is 11.9. The minimum Gasteiger partial charge on any atom is -0.460 e. The van der Waals surface area contributed by atoms with Gasteiger partial charge in [-0.25, -0.2) is 4.98 Å². The average molecular weight is 262 g/mol. The van der Waals surface area contributed by atoms with Crippen LogP contribution in [-0.2, 0) is 16.1 Å². The molecule has 1 aromatic heterocycles. The lowest BCUT2D eigenvalue weighted by Crippen LogP contribution is -2.38. The number of hydrogen-bond acceptors (Lipinski definition) is 3. The Kier molecular flexibility index (Phi) is 2.73. The van der Waals surface area contributed by atoms with Crippen molar-refractivity contribution in [2.75, 3.05) is 0 Å². The zero-order valence-electron chi connectivity index (χ0n) is 11.9. The molecule has 3 atom stereocenters. The van der Waals surface area contributed by atoms with Crippen LogP contribution >= 0.6 is 0 Å². The number of hydrogen-bond donors (Lipinski definition) is 0. The van der Waals surface area contributed by atoms with Crippen LogP contribution in [-0.4, -0.2) is 21.6 Å². The number of imidazole rings is 1. The quantitative estimate of drug-likeness (QED) is 0.787. The molecule has 0 saturated heterocycles. The topological polar surface area (TPSA) is 44.1 Å². The second-order valence-corrected chi connectivity index (χ2v) is 6.82. The van der Waals surface area contributed by atoms with E-state index in [2.05, 4.69) is 25.8 Å². The van der Waals surface area contributed by atoms with E-state index in [1.165, 1.54) is 12.8 Å². The fourth-order valence-corrected chi connectivity index (χ4v) is 4.03. The Balaban J connectivity index is 1.67. The maximum Gasteiger partial charge on any atom is 0.326 e. The highest BCUT2D eigenvalue weighted by Crippen LogP contribution is 2.66. The van der Waals surface area contributed by atoms with E-state index in [0.29, 0.717) is 5.92 Å². The molecule has 0 N–H and O–H groups in total. The van der Waals surface area contributed by atoms with Gasteiger partial charge in [-0.2, -0.15) is 0 Å². The highest BCUT2D eigenvalue weighted by atomic mass is 16.5. The normalized spacial score (nSPS) is 35.5. The first-order chi connectivity index (χ1) is 8.93. The minimum absolute atomic E-state index is 0.0808. The van der Waals surface area contributed by atoms with Crippen LogP contribution in [0.1, 0.15) is 40.0 Å². The molecule has 19 heavy (non-hydrogen) atoms. The summed E-state index contributed by atoms with van der Waals surface area (Å²) < 4.78 is 7.52. The van der Waals surface area contributed by atoms with Crippen molar-refractivity contribution >= 4 is 5.97 Å². The lowest BCUT2D eigenvalue weighted by atomic mass is 9.70. The Labute approximate surface area is 114 Å². The number of aromatic nitrogens is 2. The fourth-order valence-electron chi connectivity index (χ4n) is 4.03. The smallest absolute Gasteiger partial charge is 0.326 e. The lowest BCUT2D eigenvalue weighted by Gasteiger charge is -2.38. The van der Waals surface area contributed by atoms with Gasteiger partial charge in [0, 0.05) is 17.8 Å². The summed E-state index contributed by atoms with van der Waals surface area (Å²) in [6, 6.07) is 0. The predicted octanol–water partition coefficient (Wildman–Crippen LogP) is 2.64. The molecule has 2 bridgehead atoms. The fraction of sp³-hybridized carbons (Fsp3) is 0.733. The average Bonchev–Trinajstić information content (AvgIpc) is 2.95. The van der Waals surface area contributed by atoms with Crippen molar-refractivity contribution in [2.24, 2.45) is 16.7 Å². The molecule has 4 nitrogen and oxygen atoms in total. The van der Waals surface area contributed by atoms with E-state index < -0.39 is 0 Å². The van der Waals surface area contributed by atoms with Gasteiger partial charge in [0.2, 0.25) is 0 Å². The Morgan fingerprint density at radius 2 is 2.26 bits per heavy atom. The molecule has 2 saturated carbocycles. The van der Waals surface area contributed by atoms with Gasteiger partial charge in [-0.15, -0.1) is 0 Å². The van der Waals surface area contributed by atoms with Gasteiger partial charge in [0.05, 0.1) is 6.33 Å². The summed E-state index contributed by atoms with van der Waals surface area (Å²) in [6.45, 7) is 7.20. The van der Waals surface area contributed by atoms with Gasteiger partial charge in [-0.1, -0.05) is 20.8 Å². The van der Waals surface area contributed by atoms with Gasteiger partial charge in [0.25, 0.3) is 0 Å². The molecule has 0 spiro atoms. The second-order valence-electron chi connectivity index (χ2n) is 6.82. The third-order valence-electron chi connectivity index (χ3n) is 5.86. The molecule has 104 valence electrons. The van der Waals surface area contributed by atoms with Crippen molar-refractivity contribution in [3.8, 4) is 0 Å². The number of carbonyl (C=O) groups is 1. The Hall–Kier alpha value is -1.32. The van der Waals surface area contributed by atoms with Crippen LogP contribution in [0.3, 0.4) is 0 Å². The maximum absolute atomic E-state index is 12.0. The minimum atomic E-state index is -0.146. The number of ether oxygens (including phenoxy) is 1. The molecule has 2 aliphatic rings. The molecule has 1 aromatic rings. The Bertz CT molecular complexity index is 480. The van der Waals surface area contributed by atoms with Crippen LogP contribution in [0.2, 0.25) is 0 Å². The summed E-state index contributed by atoms with van der Waals surface area (Å²) in [7, 11) is 0. The van der Waals surface area contributed by atoms with E-state index in [1.807, 2.05) is 0 Å². The largest absolute Gasteiger partial charge is 0.460 e. The first kappa shape index (κ1) is 12.7. The Morgan fingerprint density at radius 3 is 2.79 bits per heavy atom. The van der Waals surface area contributed by atoms with Gasteiger partial charge < -0.3 is 9.30 Å². The van der Waals surface area contributed by atoms with Crippen LogP contribution in [0, 0.1) is 16.7 Å². The van der Waals surface area contributed by atoms with Gasteiger partial charge in [-0.05, 0) is 30.6 Å². The second kappa shape index (κ2) is 4.09. The summed E-state index contributed by atoms with van der Waals surface area (Å²) in [5.41, 5.74) is 0.426. The maximum atomic E-state index is 12.0. The van der Waals surface area contributed by atoms with E-state index in [1.54, 1.807) is 23.3 Å². The van der Waals surface area contributed by atoms with Gasteiger partial charge in [0.1, 0.15) is 12.6 Å². The summed E-state index contributed by atoms with van der Waals surface area (Å²) in [6.07, 6.45) is 8.67. The first-order valence-corrected chi connectivity index (χ1v) is 7.09. The van der Waals surface area contributed by atoms with Crippen molar-refractivity contribution in [1.29, 1.82) is 0 Å². The van der Waals surface area contributed by atoms with Crippen LogP contribution in [0.5, 0.6) is 0 Å². The SMILES string of the molecule is CC1(C)[C@H]2CC[C@]1(C)[C@H](OC(=O)Cn1ccnc1)C2. The number of fused-ring (bicyclic) bond motifs is 2. The van der Waals surface area contributed by atoms with Crippen molar-refractivity contribution in [3.05, 3.63) is 18.7 Å². The molecule has 3 rings (SSSR count). The van der Waals surface area contributed by atoms with E-state index in [9.17, 15) is 4.79 Å². The van der Waals surface area contributed by atoms with Crippen molar-refractivity contribution < 1.29 is 9.53 Å². The molecule has 0 amide bonds. The number of carbonyl (C=O) groups excluding carboxylic acids is 1. The van der Waals surface area contributed by atoms with Gasteiger partial charge >= 0.3 is 5.97 Å². The van der Waals surface area contributed by atoms with Crippen LogP contribution in [0.25, 0.3) is 0 Å². The van der Waals surface area contributed by atoms with Crippen LogP contribution in [0.15, 0.2) is 18.7 Å². The molecular weight excluding hydrogens is 240 g/mol. The molecule has 1 heterocycles. The summed E-state index contributed by atoms with van der Waals surface area (Å²) >= 11 is 0. The van der Waals surface area contributed by atoms with Gasteiger partial charge in [-0.3, -0.25) is 4.79 Å². The molecule has 0 aromatic carbocycles. The van der Waals surface area contributed by atoms with E-state index in [4.69, 9.17) is 4.74 Å². The zero-order chi connectivity index (χ0) is 13.7. The van der Waals surface area contributed by atoms with E-state index >= 15 is 0 Å². The summed E-state index contributed by atoms with van der Waals surface area (Å²) in [4.78, 5) is 16.0. The number of rotatable bonds is 3. The molecule has 2 aliphatic carbocycles. The lowest BCUT2D eigenvalue weighted by molar-refractivity contribution is -0.157. The van der Waals surface area contributed by atoms with Crippen LogP contribution in [0.4, 0.5) is 0 Å². The van der Waals surface area contributed by atoms with E-state index in [-0.39, 0.29) is 29.4 Å². The first-order valence-electron chi connectivity index (χ1n) is 7.09. The highest BCUT2D eigenvalue weighted by Gasteiger charge is 2.62. The standard InChI is InChI=1S/C15H22N2O2/c1-14(2)11-4-5-15(14,3)12(8-11)19-13(18)9-17-7-6-16-10-17/h6-7,10-12H,4-5,8-9H2,1-3H3/t11-,12+,15+/m0/s1. The molecule has 0 aliphatic heterocycles. The number of esters is 1. The summed E-state index contributed by atoms with van der Waals surface area (Å²) in [5, 5.41) is 0. The number of nitrogens with zero attached hydrogens (tertiary/aromatic N) is 2. The van der Waals surface area contributed by atoms with Crippen molar-refractivity contribution in [1.82, 2.24) is 9.55 Å². The monoisotopic (exact) mass is 262 g/mol. The van der Waals surface area contributed by atoms with E-state index in [0.717, 1.165) is 6.42 Å².